The van der Waals surface area contributed by atoms with Crippen molar-refractivity contribution in [3.63, 3.8) is 0 Å². The van der Waals surface area contributed by atoms with Gasteiger partial charge in [-0.3, -0.25) is 35.2 Å². The molecular formula is C43H42Br3F3N12O9. The van der Waals surface area contributed by atoms with E-state index in [1.54, 1.807) is 58.9 Å². The van der Waals surface area contributed by atoms with Crippen molar-refractivity contribution in [1.82, 2.24) is 29.9 Å². The van der Waals surface area contributed by atoms with Gasteiger partial charge >= 0.3 is 28.8 Å². The third-order valence-corrected chi connectivity index (χ3v) is 10.6. The summed E-state index contributed by atoms with van der Waals surface area (Å²) in [5.41, 5.74) is -1.26. The van der Waals surface area contributed by atoms with Gasteiger partial charge in [0.2, 0.25) is 17.5 Å². The Hall–Kier alpha value is -7.00. The average molecular weight is 1170 g/mol. The summed E-state index contributed by atoms with van der Waals surface area (Å²) < 4.78 is 48.9. The molecule has 370 valence electrons. The second-order valence-corrected chi connectivity index (χ2v) is 18.4. The number of benzene rings is 3. The van der Waals surface area contributed by atoms with Crippen LogP contribution in [0.4, 0.5) is 52.5 Å². The minimum Gasteiger partial charge on any atom is -0.443 e. The number of rotatable bonds is 12. The molecule has 3 aromatic carbocycles. The van der Waals surface area contributed by atoms with Crippen molar-refractivity contribution >= 4 is 88.4 Å². The van der Waals surface area contributed by atoms with Crippen LogP contribution in [-0.2, 0) is 24.4 Å². The molecule has 70 heavy (non-hydrogen) atoms. The lowest BCUT2D eigenvalue weighted by Gasteiger charge is -2.27. The van der Waals surface area contributed by atoms with Crippen LogP contribution in [-0.4, -0.2) is 56.4 Å². The van der Waals surface area contributed by atoms with Gasteiger partial charge in [-0.25, -0.2) is 42.7 Å². The number of halogens is 6. The summed E-state index contributed by atoms with van der Waals surface area (Å²) in [6.07, 6.45) is -0.879. The van der Waals surface area contributed by atoms with Gasteiger partial charge in [0.05, 0.1) is 27.0 Å². The largest absolute Gasteiger partial charge is 0.443 e. The van der Waals surface area contributed by atoms with Crippen molar-refractivity contribution in [2.24, 2.45) is 0 Å². The number of anilines is 3. The summed E-state index contributed by atoms with van der Waals surface area (Å²) in [7, 11) is 0. The first kappa shape index (κ1) is 55.6. The van der Waals surface area contributed by atoms with Crippen molar-refractivity contribution in [1.29, 1.82) is 0 Å². The standard InChI is InChI=1S/C18H20BrFN4O4.C13H12BrFN4O2.C12H10BrFN4O3/c1-10-15(24(26)27)16(22-11(2)21-10)23(17(25)28-18(3,4)5)9-12-6-7-13(19)8-14(12)20;1-7-12(19(20)21)13(18-8(2)17-7)16-6-9-3-4-10(14)5-11(9)15;1-6-10(18(20)21)11(17-12(19)16-6)15-5-7-2-3-8(13)4-9(7)14/h6-8H,9H2,1-5H3;3-5H,6H2,1-2H3,(H,16,17,18);2-4H,5H2,1H3,(H2,15,16,17,19). The molecule has 0 saturated carbocycles. The van der Waals surface area contributed by atoms with Gasteiger partial charge in [-0.05, 0) is 91.8 Å². The fourth-order valence-electron chi connectivity index (χ4n) is 6.12. The van der Waals surface area contributed by atoms with Crippen LogP contribution in [0, 0.1) is 82.4 Å². The average Bonchev–Trinajstić information content (AvgIpc) is 3.21. The van der Waals surface area contributed by atoms with E-state index < -0.39 is 55.3 Å². The fraction of sp³-hybridized carbons (Fsp3) is 0.279. The number of carbonyl (C=O) groups excluding carboxylic acids is 1. The number of amides is 1. The van der Waals surface area contributed by atoms with E-state index in [1.807, 2.05) is 0 Å². The number of nitro groups is 3. The molecule has 0 saturated heterocycles. The predicted octanol–water partition coefficient (Wildman–Crippen LogP) is 10.9. The van der Waals surface area contributed by atoms with E-state index in [4.69, 9.17) is 4.74 Å². The van der Waals surface area contributed by atoms with Gasteiger partial charge in [-0.1, -0.05) is 66.0 Å². The van der Waals surface area contributed by atoms with Gasteiger partial charge in [0, 0.05) is 43.2 Å². The number of aromatic amines is 1. The highest BCUT2D eigenvalue weighted by Gasteiger charge is 2.33. The minimum atomic E-state index is -0.879. The Balaban J connectivity index is 0.000000232. The number of aromatic nitrogens is 6. The Morgan fingerprint density at radius 1 is 0.657 bits per heavy atom. The summed E-state index contributed by atoms with van der Waals surface area (Å²) in [6, 6.07) is 13.4. The van der Waals surface area contributed by atoms with E-state index in [0.717, 1.165) is 4.90 Å². The van der Waals surface area contributed by atoms with Crippen LogP contribution in [0.5, 0.6) is 0 Å². The predicted molar refractivity (Wildman–Crippen MR) is 262 cm³/mol. The molecular weight excluding hydrogens is 1130 g/mol. The molecule has 0 unspecified atom stereocenters. The molecule has 6 rings (SSSR count). The van der Waals surface area contributed by atoms with Crippen LogP contribution < -0.4 is 21.2 Å². The van der Waals surface area contributed by atoms with Crippen LogP contribution in [0.1, 0.15) is 66.2 Å². The lowest BCUT2D eigenvalue weighted by molar-refractivity contribution is -0.385. The molecule has 27 heteroatoms. The third kappa shape index (κ3) is 15.5. The number of aryl methyl sites for hydroxylation is 5. The lowest BCUT2D eigenvalue weighted by atomic mass is 10.2. The van der Waals surface area contributed by atoms with Crippen molar-refractivity contribution in [2.75, 3.05) is 15.5 Å². The molecule has 0 aliphatic heterocycles. The van der Waals surface area contributed by atoms with Crippen LogP contribution in [0.15, 0.2) is 72.8 Å². The van der Waals surface area contributed by atoms with Crippen LogP contribution >= 0.6 is 47.8 Å². The molecule has 0 spiro atoms. The van der Waals surface area contributed by atoms with Crippen LogP contribution in [0.25, 0.3) is 0 Å². The molecule has 0 aliphatic carbocycles. The topological polar surface area (TPSA) is 280 Å². The van der Waals surface area contributed by atoms with E-state index in [-0.39, 0.29) is 76.9 Å². The molecule has 21 nitrogen and oxygen atoms in total. The Labute approximate surface area is 421 Å². The Morgan fingerprint density at radius 2 is 1.07 bits per heavy atom. The fourth-order valence-corrected chi connectivity index (χ4v) is 7.12. The number of nitrogens with zero attached hydrogens (tertiary/aromatic N) is 9. The molecule has 0 radical (unpaired) electrons. The second-order valence-electron chi connectivity index (χ2n) is 15.7. The summed E-state index contributed by atoms with van der Waals surface area (Å²) in [5, 5.41) is 39.1. The van der Waals surface area contributed by atoms with Gasteiger partial charge in [-0.15, -0.1) is 0 Å². The first-order valence-corrected chi connectivity index (χ1v) is 22.6. The van der Waals surface area contributed by atoms with Gasteiger partial charge < -0.3 is 20.4 Å². The highest BCUT2D eigenvalue weighted by molar-refractivity contribution is 9.11. The van der Waals surface area contributed by atoms with E-state index in [2.05, 4.69) is 88.3 Å². The van der Waals surface area contributed by atoms with Gasteiger partial charge in [0.15, 0.2) is 0 Å². The normalized spacial score (nSPS) is 10.8. The highest BCUT2D eigenvalue weighted by Crippen LogP contribution is 2.32. The SMILES string of the molecule is Cc1[nH]c(=O)nc(NCc2ccc(Br)cc2F)c1[N+](=O)[O-].Cc1nc(C)c([N+](=O)[O-])c(N(Cc2ccc(Br)cc2F)C(=O)OC(C)(C)C)n1.Cc1nc(C)c([N+](=O)[O-])c(NCc2ccc(Br)cc2F)n1. The smallest absolute Gasteiger partial charge is 0.416 e. The zero-order chi connectivity index (χ0) is 52.4. The number of ether oxygens (including phenoxy) is 1. The van der Waals surface area contributed by atoms with E-state index in [0.29, 0.717) is 30.4 Å². The van der Waals surface area contributed by atoms with E-state index in [1.165, 1.54) is 51.1 Å². The minimum absolute atomic E-state index is 0.0319. The second kappa shape index (κ2) is 24.0. The van der Waals surface area contributed by atoms with Crippen LogP contribution in [0.2, 0.25) is 0 Å². The van der Waals surface area contributed by atoms with Crippen molar-refractivity contribution in [3.05, 3.63) is 172 Å². The zero-order valence-corrected chi connectivity index (χ0v) is 43.0. The molecule has 0 atom stereocenters. The lowest BCUT2D eigenvalue weighted by Crippen LogP contribution is -2.37. The molecule has 3 N–H and O–H groups in total. The van der Waals surface area contributed by atoms with E-state index in [9.17, 15) is 53.1 Å². The van der Waals surface area contributed by atoms with Gasteiger partial charge in [0.1, 0.15) is 46.1 Å². The maximum absolute atomic E-state index is 14.4. The highest BCUT2D eigenvalue weighted by atomic mass is 79.9. The monoisotopic (exact) mass is 1160 g/mol. The van der Waals surface area contributed by atoms with Crippen molar-refractivity contribution in [3.8, 4) is 0 Å². The van der Waals surface area contributed by atoms with E-state index >= 15 is 0 Å². The Bertz CT molecular complexity index is 3040. The summed E-state index contributed by atoms with van der Waals surface area (Å²) in [4.78, 5) is 78.7. The van der Waals surface area contributed by atoms with Gasteiger partial charge in [0.25, 0.3) is 0 Å². The molecule has 0 bridgehead atoms. The van der Waals surface area contributed by atoms with Gasteiger partial charge in [-0.2, -0.15) is 4.98 Å². The molecule has 1 amide bonds. The Morgan fingerprint density at radius 3 is 1.50 bits per heavy atom. The molecule has 3 heterocycles. The summed E-state index contributed by atoms with van der Waals surface area (Å²) in [6.45, 7) is 12.3. The molecule has 6 aromatic rings. The molecule has 0 aliphatic rings. The molecule has 3 aromatic heterocycles. The maximum atomic E-state index is 14.4. The number of nitrogens with one attached hydrogen (secondary N) is 3. The number of hydrogen-bond acceptors (Lipinski definition) is 16. The van der Waals surface area contributed by atoms with Crippen LogP contribution in [0.3, 0.4) is 0 Å². The first-order valence-electron chi connectivity index (χ1n) is 20.2. The van der Waals surface area contributed by atoms with Crippen molar-refractivity contribution < 1.29 is 37.5 Å². The van der Waals surface area contributed by atoms with Crippen molar-refractivity contribution in [2.45, 2.75) is 80.6 Å². The Kier molecular flexibility index (Phi) is 19.1. The first-order chi connectivity index (χ1) is 32.6. The number of carbonyl (C=O) groups is 1. The summed E-state index contributed by atoms with van der Waals surface area (Å²) >= 11 is 9.48. The zero-order valence-electron chi connectivity index (χ0n) is 38.3. The summed E-state index contributed by atoms with van der Waals surface area (Å²) in [5.74, 6) is -1.14. The number of H-pyrrole nitrogens is 1. The molecule has 0 fully saturated rings. The third-order valence-electron chi connectivity index (χ3n) is 9.09. The quantitative estimate of drug-likeness (QED) is 0.0758. The maximum Gasteiger partial charge on any atom is 0.416 e. The number of hydrogen-bond donors (Lipinski definition) is 3.